The SMILES string of the molecule is COc1cccc2c1CC1CC(=O)[C@H](COCO)[C@H]1C2. The van der Waals surface area contributed by atoms with Crippen molar-refractivity contribution in [3.05, 3.63) is 29.3 Å². The molecule has 4 heteroatoms. The number of fused-ring (bicyclic) bond motifs is 2. The summed E-state index contributed by atoms with van der Waals surface area (Å²) in [6, 6.07) is 6.12. The lowest BCUT2D eigenvalue weighted by molar-refractivity contribution is -0.124. The third-order valence-corrected chi connectivity index (χ3v) is 4.76. The van der Waals surface area contributed by atoms with Crippen LogP contribution in [0.4, 0.5) is 0 Å². The van der Waals surface area contributed by atoms with E-state index < -0.39 is 0 Å². The van der Waals surface area contributed by atoms with Crippen molar-refractivity contribution in [2.75, 3.05) is 20.5 Å². The summed E-state index contributed by atoms with van der Waals surface area (Å²) in [5.74, 6) is 1.88. The van der Waals surface area contributed by atoms with Gasteiger partial charge in [0.1, 0.15) is 18.3 Å². The molecule has 0 saturated heterocycles. The Morgan fingerprint density at radius 1 is 1.30 bits per heavy atom. The molecule has 1 aromatic carbocycles. The van der Waals surface area contributed by atoms with Crippen molar-refractivity contribution in [1.29, 1.82) is 0 Å². The Morgan fingerprint density at radius 2 is 2.15 bits per heavy atom. The molecular formula is C16H20O4. The number of ketones is 1. The van der Waals surface area contributed by atoms with Crippen molar-refractivity contribution in [3.8, 4) is 5.75 Å². The lowest BCUT2D eigenvalue weighted by Gasteiger charge is -2.31. The Balaban J connectivity index is 1.85. The summed E-state index contributed by atoms with van der Waals surface area (Å²) in [4.78, 5) is 12.2. The first-order valence-corrected chi connectivity index (χ1v) is 7.10. The number of hydrogen-bond donors (Lipinski definition) is 1. The Labute approximate surface area is 118 Å². The van der Waals surface area contributed by atoms with Crippen LogP contribution in [0.1, 0.15) is 17.5 Å². The number of aliphatic hydroxyl groups is 1. The van der Waals surface area contributed by atoms with Crippen LogP contribution >= 0.6 is 0 Å². The summed E-state index contributed by atoms with van der Waals surface area (Å²) in [6.07, 6.45) is 2.44. The van der Waals surface area contributed by atoms with Crippen LogP contribution < -0.4 is 4.74 Å². The molecule has 1 N–H and O–H groups in total. The minimum atomic E-state index is -0.314. The highest BCUT2D eigenvalue weighted by Crippen LogP contribution is 2.45. The summed E-state index contributed by atoms with van der Waals surface area (Å²) in [7, 11) is 1.69. The molecule has 3 atom stereocenters. The summed E-state index contributed by atoms with van der Waals surface area (Å²) in [5, 5.41) is 8.78. The smallest absolute Gasteiger partial charge is 0.143 e. The van der Waals surface area contributed by atoms with Crippen LogP contribution in [0.2, 0.25) is 0 Å². The lowest BCUT2D eigenvalue weighted by Crippen LogP contribution is -2.29. The molecule has 1 unspecified atom stereocenters. The second kappa shape index (κ2) is 5.54. The second-order valence-corrected chi connectivity index (χ2v) is 5.71. The lowest BCUT2D eigenvalue weighted by atomic mass is 9.75. The largest absolute Gasteiger partial charge is 0.496 e. The van der Waals surface area contributed by atoms with E-state index in [1.807, 2.05) is 12.1 Å². The molecule has 1 saturated carbocycles. The van der Waals surface area contributed by atoms with E-state index in [9.17, 15) is 4.79 Å². The van der Waals surface area contributed by atoms with Crippen LogP contribution in [0.15, 0.2) is 18.2 Å². The topological polar surface area (TPSA) is 55.8 Å². The Morgan fingerprint density at radius 3 is 2.90 bits per heavy atom. The molecule has 4 nitrogen and oxygen atoms in total. The highest BCUT2D eigenvalue weighted by Gasteiger charge is 2.45. The molecule has 108 valence electrons. The fourth-order valence-electron chi connectivity index (χ4n) is 3.80. The molecule has 0 bridgehead atoms. The summed E-state index contributed by atoms with van der Waals surface area (Å²) < 4.78 is 10.5. The van der Waals surface area contributed by atoms with Gasteiger partial charge in [-0.3, -0.25) is 4.79 Å². The van der Waals surface area contributed by atoms with Gasteiger partial charge in [-0.2, -0.15) is 0 Å². The number of aliphatic hydroxyl groups excluding tert-OH is 1. The zero-order valence-electron chi connectivity index (χ0n) is 11.7. The van der Waals surface area contributed by atoms with Crippen LogP contribution in [0.5, 0.6) is 5.75 Å². The molecule has 0 spiro atoms. The van der Waals surface area contributed by atoms with E-state index in [-0.39, 0.29) is 18.5 Å². The molecule has 2 aliphatic carbocycles. The molecule has 3 rings (SSSR count). The van der Waals surface area contributed by atoms with Gasteiger partial charge in [0.25, 0.3) is 0 Å². The van der Waals surface area contributed by atoms with Gasteiger partial charge >= 0.3 is 0 Å². The third-order valence-electron chi connectivity index (χ3n) is 4.76. The fraction of sp³-hybridized carbons (Fsp3) is 0.562. The molecule has 1 fully saturated rings. The van der Waals surface area contributed by atoms with Crippen molar-refractivity contribution in [2.45, 2.75) is 19.3 Å². The van der Waals surface area contributed by atoms with E-state index in [2.05, 4.69) is 6.07 Å². The first-order valence-electron chi connectivity index (χ1n) is 7.10. The van der Waals surface area contributed by atoms with Gasteiger partial charge in [-0.25, -0.2) is 0 Å². The molecule has 0 heterocycles. The number of methoxy groups -OCH3 is 1. The molecule has 0 amide bonds. The Hall–Kier alpha value is -1.39. The molecule has 20 heavy (non-hydrogen) atoms. The van der Waals surface area contributed by atoms with Crippen LogP contribution in [0.25, 0.3) is 0 Å². The van der Waals surface area contributed by atoms with Crippen molar-refractivity contribution < 1.29 is 19.4 Å². The average Bonchev–Trinajstić information content (AvgIpc) is 2.76. The number of rotatable bonds is 4. The Bertz CT molecular complexity index is 511. The predicted molar refractivity (Wildman–Crippen MR) is 73.5 cm³/mol. The van der Waals surface area contributed by atoms with Crippen LogP contribution in [0, 0.1) is 17.8 Å². The predicted octanol–water partition coefficient (Wildman–Crippen LogP) is 1.58. The molecule has 0 aromatic heterocycles. The van der Waals surface area contributed by atoms with E-state index in [1.54, 1.807) is 7.11 Å². The maximum Gasteiger partial charge on any atom is 0.143 e. The first kappa shape index (κ1) is 13.6. The Kier molecular flexibility index (Phi) is 3.76. The van der Waals surface area contributed by atoms with Gasteiger partial charge in [-0.05, 0) is 41.9 Å². The van der Waals surface area contributed by atoms with Gasteiger partial charge in [0, 0.05) is 12.3 Å². The van der Waals surface area contributed by atoms with Gasteiger partial charge in [0.2, 0.25) is 0 Å². The van der Waals surface area contributed by atoms with Crippen molar-refractivity contribution in [1.82, 2.24) is 0 Å². The number of ether oxygens (including phenoxy) is 2. The summed E-state index contributed by atoms with van der Waals surface area (Å²) in [6.45, 7) is 0.0291. The van der Waals surface area contributed by atoms with Crippen molar-refractivity contribution in [2.24, 2.45) is 17.8 Å². The standard InChI is InChI=1S/C16H20O4/c1-19-16-4-2-3-10-5-12-11(6-13(10)16)7-15(18)14(12)8-20-9-17/h2-4,11-12,14,17H,5-9H2,1H3/t11?,12-,14+/m0/s1. The number of carbonyl (C=O) groups is 1. The van der Waals surface area contributed by atoms with Gasteiger partial charge in [0.05, 0.1) is 13.7 Å². The molecule has 0 radical (unpaired) electrons. The average molecular weight is 276 g/mol. The van der Waals surface area contributed by atoms with E-state index in [1.165, 1.54) is 11.1 Å². The highest BCUT2D eigenvalue weighted by atomic mass is 16.6. The number of Topliss-reactive ketones (excluding diaryl/α,β-unsaturated/α-hetero) is 1. The normalized spacial score (nSPS) is 28.1. The van der Waals surface area contributed by atoms with Crippen LogP contribution in [0.3, 0.4) is 0 Å². The van der Waals surface area contributed by atoms with Gasteiger partial charge in [-0.1, -0.05) is 12.1 Å². The first-order chi connectivity index (χ1) is 9.74. The molecule has 2 aliphatic rings. The highest BCUT2D eigenvalue weighted by molar-refractivity contribution is 5.84. The van der Waals surface area contributed by atoms with Crippen molar-refractivity contribution >= 4 is 5.78 Å². The maximum atomic E-state index is 12.2. The van der Waals surface area contributed by atoms with E-state index in [0.717, 1.165) is 18.6 Å². The quantitative estimate of drug-likeness (QED) is 0.848. The number of hydrogen-bond acceptors (Lipinski definition) is 4. The maximum absolute atomic E-state index is 12.2. The number of carbonyl (C=O) groups excluding carboxylic acids is 1. The van der Waals surface area contributed by atoms with Crippen molar-refractivity contribution in [3.63, 3.8) is 0 Å². The number of benzene rings is 1. The zero-order chi connectivity index (χ0) is 14.1. The molecular weight excluding hydrogens is 256 g/mol. The summed E-state index contributed by atoms with van der Waals surface area (Å²) >= 11 is 0. The monoisotopic (exact) mass is 276 g/mol. The third kappa shape index (κ3) is 2.23. The van der Waals surface area contributed by atoms with Gasteiger partial charge < -0.3 is 14.6 Å². The van der Waals surface area contributed by atoms with Crippen LogP contribution in [-0.2, 0) is 22.4 Å². The fourth-order valence-corrected chi connectivity index (χ4v) is 3.80. The molecule has 0 aliphatic heterocycles. The van der Waals surface area contributed by atoms with E-state index in [0.29, 0.717) is 24.9 Å². The van der Waals surface area contributed by atoms with Gasteiger partial charge in [-0.15, -0.1) is 0 Å². The summed E-state index contributed by atoms with van der Waals surface area (Å²) in [5.41, 5.74) is 2.54. The minimum Gasteiger partial charge on any atom is -0.496 e. The van der Waals surface area contributed by atoms with E-state index in [4.69, 9.17) is 14.6 Å². The molecule has 1 aromatic rings. The van der Waals surface area contributed by atoms with Gasteiger partial charge in [0.15, 0.2) is 0 Å². The zero-order valence-corrected chi connectivity index (χ0v) is 11.7. The minimum absolute atomic E-state index is 0.0634. The second-order valence-electron chi connectivity index (χ2n) is 5.71. The van der Waals surface area contributed by atoms with Crippen LogP contribution in [-0.4, -0.2) is 31.4 Å². The van der Waals surface area contributed by atoms with E-state index >= 15 is 0 Å².